The third-order valence-corrected chi connectivity index (χ3v) is 2.49. The first-order valence-corrected chi connectivity index (χ1v) is 6.11. The fraction of sp³-hybridized carbons (Fsp3) is 0.818. The molecule has 0 aliphatic carbocycles. The predicted octanol–water partition coefficient (Wildman–Crippen LogP) is 1.97. The lowest BCUT2D eigenvalue weighted by molar-refractivity contribution is -0.143. The van der Waals surface area contributed by atoms with Crippen LogP contribution in [0.15, 0.2) is 0 Å². The maximum Gasteiger partial charge on any atom is 0.305 e. The Kier molecular flexibility index (Phi) is 9.09. The number of esters is 2. The van der Waals surface area contributed by atoms with Crippen LogP contribution in [0.5, 0.6) is 0 Å². The smallest absolute Gasteiger partial charge is 0.305 e. The second-order valence-electron chi connectivity index (χ2n) is 3.34. The summed E-state index contributed by atoms with van der Waals surface area (Å²) in [5, 5.41) is 0.0359. The number of hydrogen-bond acceptors (Lipinski definition) is 5. The number of carbonyl (C=O) groups is 2. The zero-order valence-corrected chi connectivity index (χ0v) is 10.8. The van der Waals surface area contributed by atoms with Crippen molar-refractivity contribution >= 4 is 24.6 Å². The predicted molar refractivity (Wildman–Crippen MR) is 64.5 cm³/mol. The molecule has 0 saturated carbocycles. The van der Waals surface area contributed by atoms with Gasteiger partial charge in [-0.15, -0.1) is 0 Å². The number of thiol groups is 1. The highest BCUT2D eigenvalue weighted by Gasteiger charge is 2.10. The first-order chi connectivity index (χ1) is 7.60. The summed E-state index contributed by atoms with van der Waals surface area (Å²) in [5.41, 5.74) is 0. The van der Waals surface area contributed by atoms with Crippen LogP contribution in [0.1, 0.15) is 39.5 Å². The zero-order valence-electron chi connectivity index (χ0n) is 9.90. The van der Waals surface area contributed by atoms with Crippen molar-refractivity contribution in [3.63, 3.8) is 0 Å². The Labute approximate surface area is 102 Å². The van der Waals surface area contributed by atoms with Crippen LogP contribution in [0.3, 0.4) is 0 Å². The maximum atomic E-state index is 11.0. The van der Waals surface area contributed by atoms with Crippen LogP contribution in [0.25, 0.3) is 0 Å². The van der Waals surface area contributed by atoms with Crippen molar-refractivity contribution in [3.8, 4) is 0 Å². The van der Waals surface area contributed by atoms with Crippen LogP contribution in [0.4, 0.5) is 0 Å². The molecule has 5 heteroatoms. The summed E-state index contributed by atoms with van der Waals surface area (Å²) < 4.78 is 9.58. The molecule has 0 amide bonds. The van der Waals surface area contributed by atoms with Gasteiger partial charge in [-0.05, 0) is 26.7 Å². The molecule has 0 aliphatic rings. The Morgan fingerprint density at radius 3 is 1.69 bits per heavy atom. The first-order valence-electron chi connectivity index (χ1n) is 5.59. The molecule has 0 radical (unpaired) electrons. The third kappa shape index (κ3) is 8.59. The van der Waals surface area contributed by atoms with Crippen molar-refractivity contribution in [2.24, 2.45) is 0 Å². The summed E-state index contributed by atoms with van der Waals surface area (Å²) in [7, 11) is 0. The minimum absolute atomic E-state index is 0.0359. The lowest BCUT2D eigenvalue weighted by Gasteiger charge is -2.09. The van der Waals surface area contributed by atoms with Crippen molar-refractivity contribution in [2.75, 3.05) is 13.2 Å². The van der Waals surface area contributed by atoms with Gasteiger partial charge in [-0.1, -0.05) is 0 Å². The molecule has 0 aromatic heterocycles. The molecular formula is C11H20O4S. The average Bonchev–Trinajstić information content (AvgIpc) is 2.24. The van der Waals surface area contributed by atoms with E-state index in [9.17, 15) is 9.59 Å². The van der Waals surface area contributed by atoms with Crippen LogP contribution in [-0.2, 0) is 19.1 Å². The standard InChI is InChI=1S/C11H20O4S/c1-3-14-10(12)7-5-9(16)6-8-11(13)15-4-2/h9,16H,3-8H2,1-2H3. The fourth-order valence-corrected chi connectivity index (χ4v) is 1.44. The van der Waals surface area contributed by atoms with Gasteiger partial charge in [0.15, 0.2) is 0 Å². The van der Waals surface area contributed by atoms with Crippen molar-refractivity contribution in [1.29, 1.82) is 0 Å². The van der Waals surface area contributed by atoms with E-state index in [-0.39, 0.29) is 17.2 Å². The number of ether oxygens (including phenoxy) is 2. The number of carbonyl (C=O) groups excluding carboxylic acids is 2. The zero-order chi connectivity index (χ0) is 12.4. The topological polar surface area (TPSA) is 52.6 Å². The van der Waals surface area contributed by atoms with E-state index in [2.05, 4.69) is 12.6 Å². The molecule has 16 heavy (non-hydrogen) atoms. The SMILES string of the molecule is CCOC(=O)CCC(S)CCC(=O)OCC. The third-order valence-electron chi connectivity index (χ3n) is 1.97. The number of hydrogen-bond donors (Lipinski definition) is 1. The highest BCUT2D eigenvalue weighted by molar-refractivity contribution is 7.80. The Morgan fingerprint density at radius 1 is 1.00 bits per heavy atom. The summed E-state index contributed by atoms with van der Waals surface area (Å²) in [6.07, 6.45) is 1.96. The summed E-state index contributed by atoms with van der Waals surface area (Å²) in [5.74, 6) is -0.421. The molecule has 0 bridgehead atoms. The molecule has 94 valence electrons. The van der Waals surface area contributed by atoms with Crippen molar-refractivity contribution < 1.29 is 19.1 Å². The molecule has 0 aromatic rings. The maximum absolute atomic E-state index is 11.0. The number of rotatable bonds is 8. The van der Waals surface area contributed by atoms with Gasteiger partial charge >= 0.3 is 11.9 Å². The average molecular weight is 248 g/mol. The van der Waals surface area contributed by atoms with Gasteiger partial charge in [0.1, 0.15) is 0 Å². The van der Waals surface area contributed by atoms with Gasteiger partial charge in [-0.25, -0.2) is 0 Å². The molecule has 0 N–H and O–H groups in total. The van der Waals surface area contributed by atoms with E-state index >= 15 is 0 Å². The van der Waals surface area contributed by atoms with Crippen LogP contribution in [0, 0.1) is 0 Å². The molecule has 0 atom stereocenters. The van der Waals surface area contributed by atoms with Crippen LogP contribution >= 0.6 is 12.6 Å². The van der Waals surface area contributed by atoms with Crippen LogP contribution in [0.2, 0.25) is 0 Å². The van der Waals surface area contributed by atoms with E-state index in [0.717, 1.165) is 0 Å². The Hall–Kier alpha value is -0.710. The van der Waals surface area contributed by atoms with E-state index in [1.54, 1.807) is 13.8 Å². The molecule has 0 aromatic carbocycles. The monoisotopic (exact) mass is 248 g/mol. The second-order valence-corrected chi connectivity index (χ2v) is 4.07. The Balaban J connectivity index is 3.54. The van der Waals surface area contributed by atoms with Gasteiger partial charge in [0, 0.05) is 18.1 Å². The lowest BCUT2D eigenvalue weighted by atomic mass is 10.1. The highest BCUT2D eigenvalue weighted by atomic mass is 32.1. The molecule has 0 rings (SSSR count). The van der Waals surface area contributed by atoms with E-state index in [1.807, 2.05) is 0 Å². The van der Waals surface area contributed by atoms with Gasteiger partial charge < -0.3 is 9.47 Å². The van der Waals surface area contributed by atoms with Gasteiger partial charge in [0.05, 0.1) is 13.2 Å². The van der Waals surface area contributed by atoms with Crippen molar-refractivity contribution in [2.45, 2.75) is 44.8 Å². The minimum Gasteiger partial charge on any atom is -0.466 e. The van der Waals surface area contributed by atoms with E-state index < -0.39 is 0 Å². The molecule has 0 saturated heterocycles. The second kappa shape index (κ2) is 9.51. The molecule has 0 unspecified atom stereocenters. The Bertz CT molecular complexity index is 196. The minimum atomic E-state index is -0.210. The van der Waals surface area contributed by atoms with Gasteiger partial charge in [0.25, 0.3) is 0 Å². The quantitative estimate of drug-likeness (QED) is 0.527. The van der Waals surface area contributed by atoms with E-state index in [0.29, 0.717) is 38.9 Å². The molecule has 4 nitrogen and oxygen atoms in total. The Morgan fingerprint density at radius 2 is 1.38 bits per heavy atom. The van der Waals surface area contributed by atoms with E-state index in [4.69, 9.17) is 9.47 Å². The van der Waals surface area contributed by atoms with Gasteiger partial charge in [0.2, 0.25) is 0 Å². The lowest BCUT2D eigenvalue weighted by Crippen LogP contribution is -2.11. The molecule has 0 spiro atoms. The summed E-state index contributed by atoms with van der Waals surface area (Å²) in [4.78, 5) is 22.1. The highest BCUT2D eigenvalue weighted by Crippen LogP contribution is 2.12. The summed E-state index contributed by atoms with van der Waals surface area (Å²) >= 11 is 4.30. The van der Waals surface area contributed by atoms with Crippen molar-refractivity contribution in [1.82, 2.24) is 0 Å². The summed E-state index contributed by atoms with van der Waals surface area (Å²) in [6, 6.07) is 0. The summed E-state index contributed by atoms with van der Waals surface area (Å²) in [6.45, 7) is 4.35. The molecule has 0 heterocycles. The van der Waals surface area contributed by atoms with Crippen LogP contribution in [-0.4, -0.2) is 30.4 Å². The largest absolute Gasteiger partial charge is 0.466 e. The molecule has 0 aliphatic heterocycles. The van der Waals surface area contributed by atoms with Crippen molar-refractivity contribution in [3.05, 3.63) is 0 Å². The molecular weight excluding hydrogens is 228 g/mol. The fourth-order valence-electron chi connectivity index (χ4n) is 1.18. The molecule has 0 fully saturated rings. The normalized spacial score (nSPS) is 10.2. The van der Waals surface area contributed by atoms with Gasteiger partial charge in [-0.2, -0.15) is 12.6 Å². The first kappa shape index (κ1) is 15.3. The van der Waals surface area contributed by atoms with E-state index in [1.165, 1.54) is 0 Å². The van der Waals surface area contributed by atoms with Gasteiger partial charge in [-0.3, -0.25) is 9.59 Å². The van der Waals surface area contributed by atoms with Crippen LogP contribution < -0.4 is 0 Å².